The van der Waals surface area contributed by atoms with Crippen molar-refractivity contribution in [2.24, 2.45) is 4.99 Å². The number of cyclic esters (lactones) is 1. The van der Waals surface area contributed by atoms with E-state index < -0.39 is 5.97 Å². The van der Waals surface area contributed by atoms with Gasteiger partial charge in [0.15, 0.2) is 5.70 Å². The highest BCUT2D eigenvalue weighted by Crippen LogP contribution is 2.26. The topological polar surface area (TPSA) is 47.9 Å². The van der Waals surface area contributed by atoms with E-state index in [-0.39, 0.29) is 11.6 Å². The van der Waals surface area contributed by atoms with Gasteiger partial charge in [0.1, 0.15) is 11.5 Å². The molecule has 0 fully saturated rings. The molecule has 4 rings (SSSR count). The lowest BCUT2D eigenvalue weighted by atomic mass is 10.2. The molecule has 138 valence electrons. The fourth-order valence-corrected chi connectivity index (χ4v) is 2.93. The van der Waals surface area contributed by atoms with Crippen molar-refractivity contribution >= 4 is 41.1 Å². The van der Waals surface area contributed by atoms with Crippen LogP contribution in [0.2, 0.25) is 10.0 Å². The summed E-state index contributed by atoms with van der Waals surface area (Å²) in [5.41, 5.74) is 1.61. The largest absolute Gasteiger partial charge is 0.457 e. The van der Waals surface area contributed by atoms with Crippen LogP contribution in [0.25, 0.3) is 6.08 Å². The number of carbonyl (C=O) groups excluding carboxylic acids is 1. The smallest absolute Gasteiger partial charge is 0.363 e. The van der Waals surface area contributed by atoms with Gasteiger partial charge in [-0.3, -0.25) is 0 Å². The molecule has 6 heteroatoms. The summed E-state index contributed by atoms with van der Waals surface area (Å²) >= 11 is 11.9. The van der Waals surface area contributed by atoms with Crippen molar-refractivity contribution in [2.45, 2.75) is 0 Å². The number of nitrogens with zero attached hydrogens (tertiary/aromatic N) is 1. The Bertz CT molecular complexity index is 1100. The Hall–Kier alpha value is -3.08. The van der Waals surface area contributed by atoms with Crippen molar-refractivity contribution in [3.05, 3.63) is 99.7 Å². The molecule has 0 N–H and O–H groups in total. The molecule has 4 nitrogen and oxygen atoms in total. The van der Waals surface area contributed by atoms with Gasteiger partial charge in [0.25, 0.3) is 0 Å². The minimum absolute atomic E-state index is 0.207. The molecule has 1 heterocycles. The highest BCUT2D eigenvalue weighted by molar-refractivity contribution is 6.31. The van der Waals surface area contributed by atoms with Crippen molar-refractivity contribution < 1.29 is 14.3 Å². The highest BCUT2D eigenvalue weighted by Gasteiger charge is 2.24. The molecule has 0 atom stereocenters. The fraction of sp³-hybridized carbons (Fsp3) is 0. The lowest BCUT2D eigenvalue weighted by Crippen LogP contribution is -2.05. The van der Waals surface area contributed by atoms with E-state index in [4.69, 9.17) is 32.7 Å². The summed E-state index contributed by atoms with van der Waals surface area (Å²) in [7, 11) is 0. The molecule has 0 aromatic heterocycles. The summed E-state index contributed by atoms with van der Waals surface area (Å²) in [6, 6.07) is 21.4. The maximum absolute atomic E-state index is 12.2. The van der Waals surface area contributed by atoms with Crippen molar-refractivity contribution in [3.8, 4) is 11.5 Å². The van der Waals surface area contributed by atoms with Crippen molar-refractivity contribution in [3.63, 3.8) is 0 Å². The summed E-state index contributed by atoms with van der Waals surface area (Å²) in [5.74, 6) is 1.00. The number of esters is 1. The molecule has 3 aromatic rings. The Labute approximate surface area is 171 Å². The number of hydrogen-bond acceptors (Lipinski definition) is 4. The lowest BCUT2D eigenvalue weighted by Gasteiger charge is -2.06. The Balaban J connectivity index is 1.58. The lowest BCUT2D eigenvalue weighted by molar-refractivity contribution is -0.129. The van der Waals surface area contributed by atoms with Gasteiger partial charge in [-0.2, -0.15) is 0 Å². The summed E-state index contributed by atoms with van der Waals surface area (Å²) in [6.07, 6.45) is 1.65. The van der Waals surface area contributed by atoms with Gasteiger partial charge in [-0.25, -0.2) is 9.79 Å². The van der Waals surface area contributed by atoms with Crippen LogP contribution in [0, 0.1) is 0 Å². The zero-order valence-corrected chi connectivity index (χ0v) is 15.9. The molecule has 0 bridgehead atoms. The zero-order valence-electron chi connectivity index (χ0n) is 14.4. The fourth-order valence-electron chi connectivity index (χ4n) is 2.62. The second-order valence-electron chi connectivity index (χ2n) is 5.97. The number of benzene rings is 3. The average molecular weight is 410 g/mol. The second-order valence-corrected chi connectivity index (χ2v) is 6.85. The minimum atomic E-state index is -0.515. The van der Waals surface area contributed by atoms with Gasteiger partial charge < -0.3 is 9.47 Å². The van der Waals surface area contributed by atoms with Gasteiger partial charge in [-0.05, 0) is 66.2 Å². The molecule has 0 amide bonds. The predicted octanol–water partition coefficient (Wildman–Crippen LogP) is 6.13. The molecule has 1 aliphatic rings. The summed E-state index contributed by atoms with van der Waals surface area (Å²) in [5, 5.41) is 1.18. The van der Waals surface area contributed by atoms with Crippen LogP contribution in [0.15, 0.2) is 83.5 Å². The first kappa shape index (κ1) is 18.3. The zero-order chi connectivity index (χ0) is 19.5. The summed E-state index contributed by atoms with van der Waals surface area (Å²) in [6.45, 7) is 0. The monoisotopic (exact) mass is 409 g/mol. The molecular formula is C22H13Cl2NO3. The number of carbonyl (C=O) groups is 1. The molecule has 28 heavy (non-hydrogen) atoms. The number of hydrogen-bond donors (Lipinski definition) is 0. The van der Waals surface area contributed by atoms with Crippen LogP contribution in [0.4, 0.5) is 0 Å². The minimum Gasteiger partial charge on any atom is -0.457 e. The molecule has 0 spiro atoms. The molecule has 0 saturated carbocycles. The third-order valence-corrected chi connectivity index (χ3v) is 4.39. The Kier molecular flexibility index (Phi) is 5.15. The van der Waals surface area contributed by atoms with Gasteiger partial charge >= 0.3 is 5.97 Å². The van der Waals surface area contributed by atoms with E-state index in [2.05, 4.69) is 4.99 Å². The molecular weight excluding hydrogens is 397 g/mol. The first-order valence-electron chi connectivity index (χ1n) is 8.39. The molecule has 3 aromatic carbocycles. The Morgan fingerprint density at radius 2 is 1.64 bits per heavy atom. The number of rotatable bonds is 4. The number of halogens is 2. The molecule has 1 aliphatic heterocycles. The quantitative estimate of drug-likeness (QED) is 0.384. The van der Waals surface area contributed by atoms with Crippen LogP contribution in [-0.4, -0.2) is 11.9 Å². The third-order valence-electron chi connectivity index (χ3n) is 3.90. The summed E-state index contributed by atoms with van der Waals surface area (Å²) in [4.78, 5) is 16.5. The van der Waals surface area contributed by atoms with Gasteiger partial charge in [0.2, 0.25) is 5.90 Å². The SMILES string of the molecule is O=C1OC(c2cccc(Cl)c2)=NC1=Cc1cccc(Oc2ccc(Cl)cc2)c1. The Morgan fingerprint density at radius 1 is 0.857 bits per heavy atom. The van der Waals surface area contributed by atoms with Gasteiger partial charge in [0, 0.05) is 15.6 Å². The molecule has 0 saturated heterocycles. The van der Waals surface area contributed by atoms with Gasteiger partial charge in [-0.15, -0.1) is 0 Å². The molecule has 0 aliphatic carbocycles. The van der Waals surface area contributed by atoms with E-state index in [1.807, 2.05) is 24.3 Å². The molecule has 0 unspecified atom stereocenters. The number of aliphatic imine (C=N–C) groups is 1. The first-order chi connectivity index (χ1) is 13.6. The number of ether oxygens (including phenoxy) is 2. The van der Waals surface area contributed by atoms with Crippen LogP contribution in [-0.2, 0) is 9.53 Å². The van der Waals surface area contributed by atoms with E-state index >= 15 is 0 Å². The average Bonchev–Trinajstić information content (AvgIpc) is 3.04. The van der Waals surface area contributed by atoms with Crippen molar-refractivity contribution in [1.82, 2.24) is 0 Å². The van der Waals surface area contributed by atoms with E-state index in [0.717, 1.165) is 5.56 Å². The first-order valence-corrected chi connectivity index (χ1v) is 9.14. The normalized spacial score (nSPS) is 14.7. The third kappa shape index (κ3) is 4.25. The maximum atomic E-state index is 12.2. The van der Waals surface area contributed by atoms with Crippen LogP contribution in [0.3, 0.4) is 0 Å². The van der Waals surface area contributed by atoms with Gasteiger partial charge in [0.05, 0.1) is 0 Å². The second kappa shape index (κ2) is 7.89. The predicted molar refractivity (Wildman–Crippen MR) is 110 cm³/mol. The summed E-state index contributed by atoms with van der Waals surface area (Å²) < 4.78 is 11.1. The van der Waals surface area contributed by atoms with E-state index in [9.17, 15) is 4.79 Å². The van der Waals surface area contributed by atoms with E-state index in [0.29, 0.717) is 27.1 Å². The van der Waals surface area contributed by atoms with Crippen molar-refractivity contribution in [2.75, 3.05) is 0 Å². The highest BCUT2D eigenvalue weighted by atomic mass is 35.5. The van der Waals surface area contributed by atoms with Crippen LogP contribution in [0.5, 0.6) is 11.5 Å². The standard InChI is InChI=1S/C22H13Cl2NO3/c23-16-7-9-18(10-8-16)27-19-6-1-3-14(11-19)12-20-22(26)28-21(25-20)15-4-2-5-17(24)13-15/h1-13H. The maximum Gasteiger partial charge on any atom is 0.363 e. The van der Waals surface area contributed by atoms with Crippen LogP contribution >= 0.6 is 23.2 Å². The van der Waals surface area contributed by atoms with Crippen LogP contribution < -0.4 is 4.74 Å². The Morgan fingerprint density at radius 3 is 2.43 bits per heavy atom. The van der Waals surface area contributed by atoms with Gasteiger partial charge in [-0.1, -0.05) is 41.4 Å². The van der Waals surface area contributed by atoms with Crippen molar-refractivity contribution in [1.29, 1.82) is 0 Å². The van der Waals surface area contributed by atoms with E-state index in [1.54, 1.807) is 54.6 Å². The molecule has 0 radical (unpaired) electrons. The van der Waals surface area contributed by atoms with Crippen LogP contribution in [0.1, 0.15) is 11.1 Å². The van der Waals surface area contributed by atoms with E-state index in [1.165, 1.54) is 0 Å².